The Hall–Kier alpha value is -2.90. The van der Waals surface area contributed by atoms with E-state index < -0.39 is 29.0 Å². The van der Waals surface area contributed by atoms with Gasteiger partial charge in [-0.25, -0.2) is 13.2 Å². The Bertz CT molecular complexity index is 808. The van der Waals surface area contributed by atoms with Crippen LogP contribution in [0.3, 0.4) is 0 Å². The first-order valence-electron chi connectivity index (χ1n) is 7.59. The van der Waals surface area contributed by atoms with Gasteiger partial charge in [0, 0.05) is 24.8 Å². The molecule has 1 aromatic carbocycles. The molecule has 0 aliphatic rings. The number of hydrogen-bond donors (Lipinski definition) is 1. The van der Waals surface area contributed by atoms with Gasteiger partial charge < -0.3 is 10.2 Å². The summed E-state index contributed by atoms with van der Waals surface area (Å²) in [5, 5.41) is 2.11. The van der Waals surface area contributed by atoms with Gasteiger partial charge >= 0.3 is 0 Å². The lowest BCUT2D eigenvalue weighted by atomic mass is 10.2. The van der Waals surface area contributed by atoms with Crippen molar-refractivity contribution in [1.29, 1.82) is 0 Å². The van der Waals surface area contributed by atoms with E-state index in [4.69, 9.17) is 0 Å². The zero-order valence-corrected chi connectivity index (χ0v) is 13.6. The molecule has 0 bridgehead atoms. The maximum Gasteiger partial charge on any atom is 0.274 e. The second-order valence-electron chi connectivity index (χ2n) is 5.08. The number of benzene rings is 1. The molecule has 5 nitrogen and oxygen atoms in total. The third kappa shape index (κ3) is 3.96. The first-order chi connectivity index (χ1) is 11.9. The molecule has 0 spiro atoms. The van der Waals surface area contributed by atoms with E-state index in [-0.39, 0.29) is 17.2 Å². The molecule has 0 saturated carbocycles. The lowest BCUT2D eigenvalue weighted by Gasteiger charge is -2.18. The van der Waals surface area contributed by atoms with Crippen LogP contribution in [0.4, 0.5) is 18.9 Å². The maximum atomic E-state index is 13.6. The second-order valence-corrected chi connectivity index (χ2v) is 5.08. The van der Waals surface area contributed by atoms with Gasteiger partial charge in [-0.15, -0.1) is 0 Å². The number of hydrogen-bond acceptors (Lipinski definition) is 3. The molecular weight excluding hydrogens is 335 g/mol. The highest BCUT2D eigenvalue weighted by molar-refractivity contribution is 6.04. The van der Waals surface area contributed by atoms with Crippen LogP contribution in [-0.2, 0) is 0 Å². The minimum Gasteiger partial charge on any atom is -0.339 e. The van der Waals surface area contributed by atoms with Crippen molar-refractivity contribution in [2.75, 3.05) is 18.4 Å². The quantitative estimate of drug-likeness (QED) is 0.842. The lowest BCUT2D eigenvalue weighted by molar-refractivity contribution is 0.0773. The number of nitrogens with zero attached hydrogens (tertiary/aromatic N) is 2. The Morgan fingerprint density at radius 3 is 2.40 bits per heavy atom. The predicted molar refractivity (Wildman–Crippen MR) is 85.8 cm³/mol. The molecule has 8 heteroatoms. The minimum absolute atomic E-state index is 0.151. The number of anilines is 1. The first-order valence-corrected chi connectivity index (χ1v) is 7.59. The van der Waals surface area contributed by atoms with Gasteiger partial charge in [0.1, 0.15) is 5.69 Å². The van der Waals surface area contributed by atoms with Gasteiger partial charge in [0.25, 0.3) is 11.8 Å². The monoisotopic (exact) mass is 351 g/mol. The van der Waals surface area contributed by atoms with Crippen molar-refractivity contribution in [1.82, 2.24) is 9.88 Å². The van der Waals surface area contributed by atoms with Crippen LogP contribution in [0.5, 0.6) is 0 Å². The van der Waals surface area contributed by atoms with Gasteiger partial charge in [-0.2, -0.15) is 0 Å². The molecule has 0 aliphatic heterocycles. The fraction of sp³-hybridized carbons (Fsp3) is 0.235. The molecule has 132 valence electrons. The summed E-state index contributed by atoms with van der Waals surface area (Å²) in [5.74, 6) is -5.68. The number of nitrogens with one attached hydrogen (secondary N) is 1. The Labute approximate surface area is 142 Å². The van der Waals surface area contributed by atoms with Crippen LogP contribution in [-0.4, -0.2) is 34.8 Å². The molecule has 1 heterocycles. The highest BCUT2D eigenvalue weighted by atomic mass is 19.2. The normalized spacial score (nSPS) is 10.4. The van der Waals surface area contributed by atoms with Gasteiger partial charge in [-0.1, -0.05) is 0 Å². The van der Waals surface area contributed by atoms with E-state index in [1.807, 2.05) is 13.8 Å². The number of carbonyl (C=O) groups is 2. The van der Waals surface area contributed by atoms with Crippen molar-refractivity contribution in [3.05, 3.63) is 59.2 Å². The van der Waals surface area contributed by atoms with Crippen LogP contribution in [0.2, 0.25) is 0 Å². The van der Waals surface area contributed by atoms with Crippen molar-refractivity contribution in [3.63, 3.8) is 0 Å². The molecule has 2 rings (SSSR count). The molecule has 0 unspecified atom stereocenters. The molecule has 0 saturated heterocycles. The first kappa shape index (κ1) is 18.4. The van der Waals surface area contributed by atoms with E-state index in [9.17, 15) is 22.8 Å². The number of halogens is 3. The van der Waals surface area contributed by atoms with Crippen LogP contribution in [0.1, 0.15) is 34.7 Å². The summed E-state index contributed by atoms with van der Waals surface area (Å²) in [6.45, 7) is 4.64. The SMILES string of the molecule is CCN(CC)C(=O)c1ccnc(C(=O)Nc2ccc(F)c(F)c2F)c1. The highest BCUT2D eigenvalue weighted by Crippen LogP contribution is 2.20. The van der Waals surface area contributed by atoms with E-state index >= 15 is 0 Å². The topological polar surface area (TPSA) is 62.3 Å². The van der Waals surface area contributed by atoms with E-state index in [0.29, 0.717) is 19.2 Å². The predicted octanol–water partition coefficient (Wildman–Crippen LogP) is 3.23. The number of pyridine rings is 1. The number of amides is 2. The molecule has 2 aromatic rings. The summed E-state index contributed by atoms with van der Waals surface area (Å²) < 4.78 is 39.8. The molecule has 0 fully saturated rings. The molecule has 1 aromatic heterocycles. The minimum atomic E-state index is -1.68. The summed E-state index contributed by atoms with van der Waals surface area (Å²) in [6.07, 6.45) is 1.27. The smallest absolute Gasteiger partial charge is 0.274 e. The van der Waals surface area contributed by atoms with Crippen molar-refractivity contribution >= 4 is 17.5 Å². The standard InChI is InChI=1S/C17H16F3N3O2/c1-3-23(4-2)17(25)10-7-8-21-13(9-10)16(24)22-12-6-5-11(18)14(19)15(12)20/h5-9H,3-4H2,1-2H3,(H,22,24). The molecular formula is C17H16F3N3O2. The van der Waals surface area contributed by atoms with Crippen LogP contribution < -0.4 is 5.32 Å². The number of carbonyl (C=O) groups excluding carboxylic acids is 2. The molecule has 0 radical (unpaired) electrons. The summed E-state index contributed by atoms with van der Waals surface area (Å²) in [4.78, 5) is 29.8. The van der Waals surface area contributed by atoms with Crippen LogP contribution >= 0.6 is 0 Å². The zero-order chi connectivity index (χ0) is 18.6. The Morgan fingerprint density at radius 1 is 1.08 bits per heavy atom. The average molecular weight is 351 g/mol. The van der Waals surface area contributed by atoms with Gasteiger partial charge in [0.05, 0.1) is 5.69 Å². The van der Waals surface area contributed by atoms with E-state index in [2.05, 4.69) is 10.3 Å². The molecule has 0 aliphatic carbocycles. The Kier molecular flexibility index (Phi) is 5.74. The summed E-state index contributed by atoms with van der Waals surface area (Å²) >= 11 is 0. The van der Waals surface area contributed by atoms with Crippen molar-refractivity contribution in [3.8, 4) is 0 Å². The summed E-state index contributed by atoms with van der Waals surface area (Å²) in [7, 11) is 0. The summed E-state index contributed by atoms with van der Waals surface area (Å²) in [6, 6.07) is 4.31. The highest BCUT2D eigenvalue weighted by Gasteiger charge is 2.18. The van der Waals surface area contributed by atoms with Crippen LogP contribution in [0.15, 0.2) is 30.5 Å². The van der Waals surface area contributed by atoms with Gasteiger partial charge in [-0.05, 0) is 38.1 Å². The largest absolute Gasteiger partial charge is 0.339 e. The number of rotatable bonds is 5. The van der Waals surface area contributed by atoms with Gasteiger partial charge in [0.2, 0.25) is 0 Å². The molecule has 25 heavy (non-hydrogen) atoms. The van der Waals surface area contributed by atoms with Gasteiger partial charge in [0.15, 0.2) is 17.5 Å². The summed E-state index contributed by atoms with van der Waals surface area (Å²) in [5.41, 5.74) is -0.428. The lowest BCUT2D eigenvalue weighted by Crippen LogP contribution is -2.30. The zero-order valence-electron chi connectivity index (χ0n) is 13.6. The third-order valence-electron chi connectivity index (χ3n) is 3.57. The molecule has 0 atom stereocenters. The second kappa shape index (κ2) is 7.78. The fourth-order valence-corrected chi connectivity index (χ4v) is 2.19. The van der Waals surface area contributed by atoms with Crippen LogP contribution in [0.25, 0.3) is 0 Å². The van der Waals surface area contributed by atoms with Crippen molar-refractivity contribution < 1.29 is 22.8 Å². The molecule has 1 N–H and O–H groups in total. The maximum absolute atomic E-state index is 13.6. The van der Waals surface area contributed by atoms with E-state index in [1.54, 1.807) is 4.90 Å². The Morgan fingerprint density at radius 2 is 1.76 bits per heavy atom. The van der Waals surface area contributed by atoms with Crippen molar-refractivity contribution in [2.24, 2.45) is 0 Å². The third-order valence-corrected chi connectivity index (χ3v) is 3.57. The average Bonchev–Trinajstić information content (AvgIpc) is 2.63. The van der Waals surface area contributed by atoms with Crippen LogP contribution in [0, 0.1) is 17.5 Å². The van der Waals surface area contributed by atoms with E-state index in [0.717, 1.165) is 6.07 Å². The van der Waals surface area contributed by atoms with Crippen molar-refractivity contribution in [2.45, 2.75) is 13.8 Å². The fourth-order valence-electron chi connectivity index (χ4n) is 2.19. The Balaban J connectivity index is 2.25. The molecule has 2 amide bonds. The van der Waals surface area contributed by atoms with E-state index in [1.165, 1.54) is 18.3 Å². The number of aromatic nitrogens is 1. The van der Waals surface area contributed by atoms with Gasteiger partial charge in [-0.3, -0.25) is 14.6 Å².